The summed E-state index contributed by atoms with van der Waals surface area (Å²) in [5, 5.41) is 0. The first-order chi connectivity index (χ1) is 7.58. The molecule has 0 N–H and O–H groups in total. The van der Waals surface area contributed by atoms with Crippen LogP contribution in [0.2, 0.25) is 39.3 Å². The average Bonchev–Trinajstić information content (AvgIpc) is 2.11. The van der Waals surface area contributed by atoms with Crippen molar-refractivity contribution in [1.82, 2.24) is 0 Å². The molecule has 3 atom stereocenters. The van der Waals surface area contributed by atoms with Crippen molar-refractivity contribution in [2.45, 2.75) is 50.5 Å². The summed E-state index contributed by atoms with van der Waals surface area (Å²) in [4.78, 5) is 0.593. The molecule has 1 unspecified atom stereocenters. The quantitative estimate of drug-likeness (QED) is 0.536. The maximum Gasteiger partial charge on any atom is 0.183 e. The molecule has 0 aromatic heterocycles. The SMILES string of the molecule is C[Si](C)(C)OC[C@@H]1C[C@H](CO[Si](C)(C)C)C1Br. The molecule has 0 spiro atoms. The van der Waals surface area contributed by atoms with E-state index in [-0.39, 0.29) is 0 Å². The van der Waals surface area contributed by atoms with Gasteiger partial charge in [-0.05, 0) is 57.5 Å². The molecule has 1 fully saturated rings. The summed E-state index contributed by atoms with van der Waals surface area (Å²) in [5.74, 6) is 1.38. The highest BCUT2D eigenvalue weighted by atomic mass is 79.9. The molecule has 1 aliphatic carbocycles. The van der Waals surface area contributed by atoms with E-state index >= 15 is 0 Å². The van der Waals surface area contributed by atoms with Gasteiger partial charge >= 0.3 is 0 Å². The predicted octanol–water partition coefficient (Wildman–Crippen LogP) is 4.09. The van der Waals surface area contributed by atoms with Crippen LogP contribution in [0.4, 0.5) is 0 Å². The molecule has 0 amide bonds. The maximum absolute atomic E-state index is 5.97. The summed E-state index contributed by atoms with van der Waals surface area (Å²) >= 11 is 3.80. The summed E-state index contributed by atoms with van der Waals surface area (Å²) < 4.78 is 11.9. The fourth-order valence-electron chi connectivity index (χ4n) is 1.87. The van der Waals surface area contributed by atoms with Crippen molar-refractivity contribution in [3.8, 4) is 0 Å². The number of halogens is 1. The smallest absolute Gasteiger partial charge is 0.183 e. The molecule has 1 saturated carbocycles. The summed E-state index contributed by atoms with van der Waals surface area (Å²) in [7, 11) is -2.70. The Labute approximate surface area is 117 Å². The van der Waals surface area contributed by atoms with Gasteiger partial charge in [0.05, 0.1) is 0 Å². The van der Waals surface area contributed by atoms with E-state index in [9.17, 15) is 0 Å². The Morgan fingerprint density at radius 2 is 1.24 bits per heavy atom. The molecule has 102 valence electrons. The minimum absolute atomic E-state index is 0.593. The second kappa shape index (κ2) is 5.86. The summed E-state index contributed by atoms with van der Waals surface area (Å²) in [5.41, 5.74) is 0. The van der Waals surface area contributed by atoms with Gasteiger partial charge in [0.15, 0.2) is 16.6 Å². The fraction of sp³-hybridized carbons (Fsp3) is 1.00. The van der Waals surface area contributed by atoms with Crippen LogP contribution in [0, 0.1) is 11.8 Å². The predicted molar refractivity (Wildman–Crippen MR) is 82.9 cm³/mol. The van der Waals surface area contributed by atoms with Crippen molar-refractivity contribution < 1.29 is 8.85 Å². The second-order valence-electron chi connectivity index (χ2n) is 7.05. The Morgan fingerprint density at radius 3 is 1.47 bits per heavy atom. The van der Waals surface area contributed by atoms with Crippen molar-refractivity contribution in [2.24, 2.45) is 11.8 Å². The summed E-state index contributed by atoms with van der Waals surface area (Å²) in [6.45, 7) is 15.4. The van der Waals surface area contributed by atoms with Crippen molar-refractivity contribution in [3.05, 3.63) is 0 Å². The molecule has 0 radical (unpaired) electrons. The lowest BCUT2D eigenvalue weighted by molar-refractivity contribution is 0.0890. The molecule has 17 heavy (non-hydrogen) atoms. The van der Waals surface area contributed by atoms with Gasteiger partial charge in [-0.2, -0.15) is 0 Å². The van der Waals surface area contributed by atoms with E-state index in [1.165, 1.54) is 6.42 Å². The second-order valence-corrected chi connectivity index (χ2v) is 17.1. The third kappa shape index (κ3) is 6.01. The van der Waals surface area contributed by atoms with Crippen LogP contribution in [0.5, 0.6) is 0 Å². The van der Waals surface area contributed by atoms with Gasteiger partial charge < -0.3 is 8.85 Å². The van der Waals surface area contributed by atoms with Gasteiger partial charge in [-0.3, -0.25) is 0 Å². The van der Waals surface area contributed by atoms with Crippen LogP contribution in [0.15, 0.2) is 0 Å². The molecule has 2 nitrogen and oxygen atoms in total. The third-order valence-electron chi connectivity index (χ3n) is 2.97. The Morgan fingerprint density at radius 1 is 0.882 bits per heavy atom. The molecule has 5 heteroatoms. The highest BCUT2D eigenvalue weighted by Crippen LogP contribution is 2.41. The monoisotopic (exact) mass is 338 g/mol. The maximum atomic E-state index is 5.97. The lowest BCUT2D eigenvalue weighted by atomic mass is 9.76. The number of hydrogen-bond donors (Lipinski definition) is 0. The summed E-state index contributed by atoms with van der Waals surface area (Å²) in [6.07, 6.45) is 1.25. The van der Waals surface area contributed by atoms with Gasteiger partial charge in [0.25, 0.3) is 0 Å². The van der Waals surface area contributed by atoms with Crippen LogP contribution in [0.3, 0.4) is 0 Å². The van der Waals surface area contributed by atoms with E-state index in [4.69, 9.17) is 8.85 Å². The van der Waals surface area contributed by atoms with Crippen molar-refractivity contribution in [1.29, 1.82) is 0 Å². The van der Waals surface area contributed by atoms with Crippen LogP contribution in [-0.2, 0) is 8.85 Å². The molecule has 0 saturated heterocycles. The van der Waals surface area contributed by atoms with E-state index in [1.807, 2.05) is 0 Å². The van der Waals surface area contributed by atoms with Gasteiger partial charge in [0, 0.05) is 18.0 Å². The first-order valence-electron chi connectivity index (χ1n) is 6.50. The topological polar surface area (TPSA) is 18.5 Å². The lowest BCUT2D eigenvalue weighted by Crippen LogP contribution is -2.46. The molecule has 1 aliphatic rings. The normalized spacial score (nSPS) is 30.2. The molecule has 0 bridgehead atoms. The zero-order valence-electron chi connectivity index (χ0n) is 12.0. The molecule has 0 heterocycles. The van der Waals surface area contributed by atoms with Gasteiger partial charge in [0.1, 0.15) is 0 Å². The lowest BCUT2D eigenvalue weighted by Gasteiger charge is -2.43. The highest BCUT2D eigenvalue weighted by molar-refractivity contribution is 9.09. The Hall–Kier alpha value is 0.834. The van der Waals surface area contributed by atoms with E-state index in [2.05, 4.69) is 55.2 Å². The minimum Gasteiger partial charge on any atom is -0.417 e. The van der Waals surface area contributed by atoms with E-state index in [0.29, 0.717) is 16.7 Å². The molecule has 1 rings (SSSR count). The van der Waals surface area contributed by atoms with Crippen molar-refractivity contribution >= 4 is 32.6 Å². The van der Waals surface area contributed by atoms with Gasteiger partial charge in [-0.15, -0.1) is 0 Å². The Kier molecular flexibility index (Phi) is 5.48. The molecule has 0 aromatic rings. The first kappa shape index (κ1) is 15.9. The zero-order chi connectivity index (χ0) is 13.3. The van der Waals surface area contributed by atoms with Crippen molar-refractivity contribution in [2.75, 3.05) is 13.2 Å². The third-order valence-corrected chi connectivity index (χ3v) is 6.53. The fourth-order valence-corrected chi connectivity index (χ4v) is 4.04. The van der Waals surface area contributed by atoms with Crippen LogP contribution in [0.25, 0.3) is 0 Å². The van der Waals surface area contributed by atoms with Gasteiger partial charge in [-0.25, -0.2) is 0 Å². The molecule has 0 aliphatic heterocycles. The Balaban J connectivity index is 2.21. The van der Waals surface area contributed by atoms with E-state index < -0.39 is 16.6 Å². The average molecular weight is 339 g/mol. The van der Waals surface area contributed by atoms with Gasteiger partial charge in [-0.1, -0.05) is 15.9 Å². The largest absolute Gasteiger partial charge is 0.417 e. The summed E-state index contributed by atoms with van der Waals surface area (Å²) in [6, 6.07) is 0. The number of rotatable bonds is 6. The van der Waals surface area contributed by atoms with E-state index in [0.717, 1.165) is 13.2 Å². The zero-order valence-corrected chi connectivity index (χ0v) is 15.6. The Bertz CT molecular complexity index is 224. The first-order valence-corrected chi connectivity index (χ1v) is 14.2. The highest BCUT2D eigenvalue weighted by Gasteiger charge is 2.40. The van der Waals surface area contributed by atoms with Crippen LogP contribution in [-0.4, -0.2) is 34.7 Å². The van der Waals surface area contributed by atoms with Crippen molar-refractivity contribution in [3.63, 3.8) is 0 Å². The molecular formula is C12H27BrO2Si2. The van der Waals surface area contributed by atoms with Gasteiger partial charge in [0.2, 0.25) is 0 Å². The standard InChI is InChI=1S/C12H27BrO2Si2/c1-16(2,3)14-8-10-7-11(12(10)13)9-15-17(4,5)6/h10-12H,7-9H2,1-6H3/t10-,11+,12?. The molecule has 0 aromatic carbocycles. The number of alkyl halides is 1. The van der Waals surface area contributed by atoms with Crippen LogP contribution >= 0.6 is 15.9 Å². The van der Waals surface area contributed by atoms with Crippen LogP contribution < -0.4 is 0 Å². The van der Waals surface area contributed by atoms with E-state index in [1.54, 1.807) is 0 Å². The molecular weight excluding hydrogens is 312 g/mol. The van der Waals surface area contributed by atoms with Crippen LogP contribution in [0.1, 0.15) is 6.42 Å². The number of hydrogen-bond acceptors (Lipinski definition) is 2. The minimum atomic E-state index is -1.35.